The molecule has 0 spiro atoms. The molecule has 19 heavy (non-hydrogen) atoms. The molecule has 2 heterocycles. The van der Waals surface area contributed by atoms with Crippen molar-refractivity contribution >= 4 is 5.97 Å². The van der Waals surface area contributed by atoms with Gasteiger partial charge in [-0.25, -0.2) is 0 Å². The molecule has 0 aliphatic carbocycles. The molecule has 0 unspecified atom stereocenters. The zero-order valence-electron chi connectivity index (χ0n) is 11.3. The number of aliphatic hydroxyl groups is 1. The minimum atomic E-state index is -0.770. The van der Waals surface area contributed by atoms with Crippen LogP contribution in [-0.2, 0) is 14.3 Å². The van der Waals surface area contributed by atoms with E-state index in [-0.39, 0.29) is 13.0 Å². The Morgan fingerprint density at radius 3 is 2.47 bits per heavy atom. The summed E-state index contributed by atoms with van der Waals surface area (Å²) in [7, 11) is 0. The Hall–Kier alpha value is -0.650. The first kappa shape index (κ1) is 14.8. The molecule has 4 atom stereocenters. The van der Waals surface area contributed by atoms with Crippen molar-refractivity contribution in [1.29, 1.82) is 0 Å². The van der Waals surface area contributed by atoms with Gasteiger partial charge in [-0.05, 0) is 43.9 Å². The van der Waals surface area contributed by atoms with E-state index >= 15 is 0 Å². The van der Waals surface area contributed by atoms with Gasteiger partial charge in [-0.15, -0.1) is 0 Å². The minimum absolute atomic E-state index is 0.171. The summed E-state index contributed by atoms with van der Waals surface area (Å²) < 4.78 is 11.4. The first-order valence-electron chi connectivity index (χ1n) is 7.28. The SMILES string of the molecule is O=C(O)CCCOCC[C@H]1[C@@H](CCO)[C@H]2CC[C@@H]1O2. The van der Waals surface area contributed by atoms with Crippen LogP contribution in [0.2, 0.25) is 0 Å². The lowest BCUT2D eigenvalue weighted by Crippen LogP contribution is -2.29. The zero-order chi connectivity index (χ0) is 13.7. The number of ether oxygens (including phenoxy) is 2. The van der Waals surface area contributed by atoms with E-state index in [2.05, 4.69) is 0 Å². The Morgan fingerprint density at radius 1 is 1.16 bits per heavy atom. The highest BCUT2D eigenvalue weighted by atomic mass is 16.5. The van der Waals surface area contributed by atoms with Crippen molar-refractivity contribution in [2.45, 2.75) is 50.7 Å². The summed E-state index contributed by atoms with van der Waals surface area (Å²) >= 11 is 0. The second-order valence-electron chi connectivity index (χ2n) is 5.53. The smallest absolute Gasteiger partial charge is 0.303 e. The van der Waals surface area contributed by atoms with Gasteiger partial charge in [-0.2, -0.15) is 0 Å². The van der Waals surface area contributed by atoms with Crippen molar-refractivity contribution in [3.8, 4) is 0 Å². The van der Waals surface area contributed by atoms with E-state index in [9.17, 15) is 4.79 Å². The molecule has 2 aliphatic heterocycles. The van der Waals surface area contributed by atoms with Crippen molar-refractivity contribution < 1.29 is 24.5 Å². The maximum absolute atomic E-state index is 10.3. The standard InChI is InChI=1S/C14H24O5/c15-7-5-10-11(13-4-3-12(10)19-13)6-9-18-8-1-2-14(16)17/h10-13,15H,1-9H2,(H,16,17)/t10-,11+,12-,13+/m1/s1. The van der Waals surface area contributed by atoms with Crippen molar-refractivity contribution in [3.05, 3.63) is 0 Å². The second-order valence-corrected chi connectivity index (χ2v) is 5.53. The number of carboxylic acid groups (broad SMARTS) is 1. The maximum Gasteiger partial charge on any atom is 0.303 e. The van der Waals surface area contributed by atoms with E-state index in [1.807, 2.05) is 0 Å². The summed E-state index contributed by atoms with van der Waals surface area (Å²) in [4.78, 5) is 10.3. The first-order chi connectivity index (χ1) is 9.22. The van der Waals surface area contributed by atoms with Gasteiger partial charge < -0.3 is 19.7 Å². The molecule has 0 radical (unpaired) electrons. The largest absolute Gasteiger partial charge is 0.481 e. The highest BCUT2D eigenvalue weighted by Gasteiger charge is 2.47. The molecule has 2 aliphatic rings. The van der Waals surface area contributed by atoms with Crippen LogP contribution in [0.3, 0.4) is 0 Å². The third-order valence-electron chi connectivity index (χ3n) is 4.33. The lowest BCUT2D eigenvalue weighted by Gasteiger charge is -2.27. The predicted molar refractivity (Wildman–Crippen MR) is 68.9 cm³/mol. The number of hydrogen-bond donors (Lipinski definition) is 2. The fourth-order valence-electron chi connectivity index (χ4n) is 3.47. The Kier molecular flexibility index (Phi) is 5.60. The molecule has 2 bridgehead atoms. The molecular formula is C14H24O5. The highest BCUT2D eigenvalue weighted by Crippen LogP contribution is 2.46. The molecule has 0 aromatic carbocycles. The van der Waals surface area contributed by atoms with Crippen LogP contribution >= 0.6 is 0 Å². The van der Waals surface area contributed by atoms with Crippen molar-refractivity contribution in [1.82, 2.24) is 0 Å². The molecule has 2 fully saturated rings. The molecule has 5 heteroatoms. The number of hydrogen-bond acceptors (Lipinski definition) is 4. The fourth-order valence-corrected chi connectivity index (χ4v) is 3.47. The molecule has 110 valence electrons. The molecule has 0 aromatic rings. The lowest BCUT2D eigenvalue weighted by atomic mass is 9.76. The van der Waals surface area contributed by atoms with Crippen LogP contribution in [0.5, 0.6) is 0 Å². The predicted octanol–water partition coefficient (Wildman–Crippen LogP) is 1.43. The van der Waals surface area contributed by atoms with Gasteiger partial charge in [0.2, 0.25) is 0 Å². The summed E-state index contributed by atoms with van der Waals surface area (Å²) in [6, 6.07) is 0. The number of rotatable bonds is 9. The van der Waals surface area contributed by atoms with Crippen LogP contribution in [0.25, 0.3) is 0 Å². The Bertz CT molecular complexity index is 294. The van der Waals surface area contributed by atoms with Gasteiger partial charge in [-0.3, -0.25) is 4.79 Å². The minimum Gasteiger partial charge on any atom is -0.481 e. The monoisotopic (exact) mass is 272 g/mol. The molecule has 5 nitrogen and oxygen atoms in total. The van der Waals surface area contributed by atoms with E-state index in [0.29, 0.717) is 43.7 Å². The van der Waals surface area contributed by atoms with Crippen molar-refractivity contribution in [2.24, 2.45) is 11.8 Å². The van der Waals surface area contributed by atoms with Crippen molar-refractivity contribution in [3.63, 3.8) is 0 Å². The van der Waals surface area contributed by atoms with Gasteiger partial charge in [0.15, 0.2) is 0 Å². The maximum atomic E-state index is 10.3. The quantitative estimate of drug-likeness (QED) is 0.621. The second kappa shape index (κ2) is 7.22. The average Bonchev–Trinajstić information content (AvgIpc) is 2.95. The van der Waals surface area contributed by atoms with Gasteiger partial charge in [0.25, 0.3) is 0 Å². The first-order valence-corrected chi connectivity index (χ1v) is 7.28. The number of carbonyl (C=O) groups is 1. The van der Waals surface area contributed by atoms with Crippen LogP contribution in [0.15, 0.2) is 0 Å². The number of aliphatic hydroxyl groups excluding tert-OH is 1. The normalized spacial score (nSPS) is 32.9. The highest BCUT2D eigenvalue weighted by molar-refractivity contribution is 5.66. The number of carboxylic acids is 1. The molecule has 2 N–H and O–H groups in total. The van der Waals surface area contributed by atoms with E-state index in [1.165, 1.54) is 0 Å². The summed E-state index contributed by atoms with van der Waals surface area (Å²) in [5.41, 5.74) is 0. The molecule has 0 saturated carbocycles. The molecule has 2 saturated heterocycles. The molecular weight excluding hydrogens is 248 g/mol. The Morgan fingerprint density at radius 2 is 1.84 bits per heavy atom. The van der Waals surface area contributed by atoms with Gasteiger partial charge in [0.1, 0.15) is 0 Å². The summed E-state index contributed by atoms with van der Waals surface area (Å²) in [5, 5.41) is 17.6. The van der Waals surface area contributed by atoms with Gasteiger partial charge >= 0.3 is 5.97 Å². The van der Waals surface area contributed by atoms with Crippen LogP contribution in [-0.4, -0.2) is 48.2 Å². The third-order valence-corrected chi connectivity index (χ3v) is 4.33. The topological polar surface area (TPSA) is 76.0 Å². The zero-order valence-corrected chi connectivity index (χ0v) is 11.3. The lowest BCUT2D eigenvalue weighted by molar-refractivity contribution is -0.137. The van der Waals surface area contributed by atoms with Crippen LogP contribution in [0.4, 0.5) is 0 Å². The average molecular weight is 272 g/mol. The van der Waals surface area contributed by atoms with E-state index in [4.69, 9.17) is 19.7 Å². The van der Waals surface area contributed by atoms with E-state index in [1.54, 1.807) is 0 Å². The molecule has 0 amide bonds. The third kappa shape index (κ3) is 3.91. The van der Waals surface area contributed by atoms with Gasteiger partial charge in [0, 0.05) is 26.2 Å². The van der Waals surface area contributed by atoms with Gasteiger partial charge in [-0.1, -0.05) is 0 Å². The molecule has 0 aromatic heterocycles. The summed E-state index contributed by atoms with van der Waals surface area (Å²) in [6.07, 6.45) is 5.48. The number of aliphatic carboxylic acids is 1. The van der Waals surface area contributed by atoms with Crippen LogP contribution in [0, 0.1) is 11.8 Å². The Labute approximate surface area is 113 Å². The van der Waals surface area contributed by atoms with Gasteiger partial charge in [0.05, 0.1) is 12.2 Å². The summed E-state index contributed by atoms with van der Waals surface area (Å²) in [6.45, 7) is 1.41. The molecule has 2 rings (SSSR count). The summed E-state index contributed by atoms with van der Waals surface area (Å²) in [5.74, 6) is 0.213. The number of fused-ring (bicyclic) bond motifs is 2. The van der Waals surface area contributed by atoms with E-state index in [0.717, 1.165) is 25.7 Å². The Balaban J connectivity index is 1.63. The van der Waals surface area contributed by atoms with Crippen LogP contribution < -0.4 is 0 Å². The van der Waals surface area contributed by atoms with Crippen LogP contribution in [0.1, 0.15) is 38.5 Å². The fraction of sp³-hybridized carbons (Fsp3) is 0.929. The van der Waals surface area contributed by atoms with E-state index < -0.39 is 5.97 Å². The van der Waals surface area contributed by atoms with Crippen molar-refractivity contribution in [2.75, 3.05) is 19.8 Å².